The highest BCUT2D eigenvalue weighted by atomic mass is 35.5. The molecule has 1 aromatic carbocycles. The Balaban J connectivity index is 2.71. The number of ether oxygens (including phenoxy) is 1. The maximum absolute atomic E-state index is 11.8. The summed E-state index contributed by atoms with van der Waals surface area (Å²) in [5, 5.41) is 3.51. The Bertz CT molecular complexity index is 648. The van der Waals surface area contributed by atoms with Gasteiger partial charge >= 0.3 is 6.09 Å². The molecule has 0 saturated carbocycles. The summed E-state index contributed by atoms with van der Waals surface area (Å²) < 4.78 is 5.26. The van der Waals surface area contributed by atoms with Gasteiger partial charge in [-0.1, -0.05) is 43.2 Å². The summed E-state index contributed by atoms with van der Waals surface area (Å²) in [4.78, 5) is 11.8. The summed E-state index contributed by atoms with van der Waals surface area (Å²) in [7, 11) is -1.40. The second-order valence-electron chi connectivity index (χ2n) is 8.06. The number of nitrogens with one attached hydrogen (secondary N) is 1. The van der Waals surface area contributed by atoms with E-state index in [2.05, 4.69) is 36.4 Å². The smallest absolute Gasteiger partial charge is 0.407 e. The van der Waals surface area contributed by atoms with Gasteiger partial charge in [-0.15, -0.1) is 5.54 Å². The summed E-state index contributed by atoms with van der Waals surface area (Å²) in [6.07, 6.45) is 0.225. The van der Waals surface area contributed by atoms with Gasteiger partial charge in [0.1, 0.15) is 13.7 Å². The fourth-order valence-electron chi connectivity index (χ4n) is 1.94. The Morgan fingerprint density at radius 1 is 1.33 bits per heavy atom. The van der Waals surface area contributed by atoms with Gasteiger partial charge in [-0.3, -0.25) is 0 Å². The van der Waals surface area contributed by atoms with E-state index in [1.807, 2.05) is 45.9 Å². The van der Waals surface area contributed by atoms with Gasteiger partial charge in [-0.2, -0.15) is 0 Å². The van der Waals surface area contributed by atoms with Crippen molar-refractivity contribution in [3.8, 4) is 11.5 Å². The fourth-order valence-corrected chi connectivity index (χ4v) is 2.72. The van der Waals surface area contributed by atoms with Crippen LogP contribution in [-0.4, -0.2) is 25.8 Å². The molecule has 0 fully saturated rings. The largest absolute Gasteiger partial charge is 0.444 e. The van der Waals surface area contributed by atoms with E-state index >= 15 is 0 Å². The van der Waals surface area contributed by atoms with Gasteiger partial charge in [0.15, 0.2) is 0 Å². The van der Waals surface area contributed by atoms with E-state index < -0.39 is 19.8 Å². The summed E-state index contributed by atoms with van der Waals surface area (Å²) in [6, 6.07) is 5.78. The monoisotopic (exact) mass is 365 g/mol. The highest BCUT2D eigenvalue weighted by Crippen LogP contribution is 2.19. The number of alkyl carbamates (subject to hydrolysis) is 1. The first-order valence-corrected chi connectivity index (χ1v) is 12.0. The van der Waals surface area contributed by atoms with E-state index in [0.717, 1.165) is 11.1 Å². The first-order valence-electron chi connectivity index (χ1n) is 8.17. The molecule has 1 amide bonds. The average molecular weight is 366 g/mol. The van der Waals surface area contributed by atoms with Crippen molar-refractivity contribution in [2.45, 2.75) is 65.4 Å². The van der Waals surface area contributed by atoms with Crippen molar-refractivity contribution in [3.05, 3.63) is 34.3 Å². The normalized spacial score (nSPS) is 12.8. The van der Waals surface area contributed by atoms with Crippen molar-refractivity contribution < 1.29 is 9.53 Å². The lowest BCUT2D eigenvalue weighted by Crippen LogP contribution is -2.38. The lowest BCUT2D eigenvalue weighted by Gasteiger charge is -2.22. The zero-order valence-electron chi connectivity index (χ0n) is 15.7. The van der Waals surface area contributed by atoms with Gasteiger partial charge in [0.05, 0.1) is 0 Å². The molecule has 1 rings (SSSR count). The summed E-state index contributed by atoms with van der Waals surface area (Å²) in [5.41, 5.74) is 4.74. The van der Waals surface area contributed by atoms with E-state index in [4.69, 9.17) is 16.3 Å². The van der Waals surface area contributed by atoms with Crippen molar-refractivity contribution in [3.63, 3.8) is 0 Å². The van der Waals surface area contributed by atoms with Gasteiger partial charge in [0.25, 0.3) is 0 Å². The number of carbonyl (C=O) groups excluding carboxylic acids is 1. The number of rotatable bonds is 3. The molecule has 1 N–H and O–H groups in total. The van der Waals surface area contributed by atoms with Crippen molar-refractivity contribution >= 4 is 25.8 Å². The minimum Gasteiger partial charge on any atom is -0.444 e. The van der Waals surface area contributed by atoms with E-state index in [0.29, 0.717) is 11.4 Å². The predicted molar refractivity (Wildman–Crippen MR) is 104 cm³/mol. The van der Waals surface area contributed by atoms with Gasteiger partial charge in [0, 0.05) is 16.6 Å². The molecule has 3 nitrogen and oxygen atoms in total. The van der Waals surface area contributed by atoms with Crippen molar-refractivity contribution in [1.29, 1.82) is 0 Å². The molecule has 1 unspecified atom stereocenters. The minimum atomic E-state index is -1.40. The molecule has 1 atom stereocenters. The van der Waals surface area contributed by atoms with Crippen LogP contribution < -0.4 is 5.32 Å². The quantitative estimate of drug-likeness (QED) is 0.603. The van der Waals surface area contributed by atoms with Crippen molar-refractivity contribution in [1.82, 2.24) is 5.32 Å². The Labute approximate surface area is 152 Å². The summed E-state index contributed by atoms with van der Waals surface area (Å²) in [6.45, 7) is 14.1. The fraction of sp³-hybridized carbons (Fsp3) is 0.526. The van der Waals surface area contributed by atoms with E-state index in [9.17, 15) is 4.79 Å². The maximum Gasteiger partial charge on any atom is 0.407 e. The van der Waals surface area contributed by atoms with Gasteiger partial charge in [-0.25, -0.2) is 4.79 Å². The predicted octanol–water partition coefficient (Wildman–Crippen LogP) is 5.02. The van der Waals surface area contributed by atoms with E-state index in [1.54, 1.807) is 0 Å². The molecule has 0 aromatic heterocycles. The van der Waals surface area contributed by atoms with Gasteiger partial charge < -0.3 is 10.1 Å². The Morgan fingerprint density at radius 3 is 2.46 bits per heavy atom. The van der Waals surface area contributed by atoms with Crippen LogP contribution >= 0.6 is 11.6 Å². The molecule has 0 spiro atoms. The van der Waals surface area contributed by atoms with Crippen molar-refractivity contribution in [2.24, 2.45) is 0 Å². The molecule has 24 heavy (non-hydrogen) atoms. The molecule has 0 heterocycles. The number of hydrogen-bond donors (Lipinski definition) is 1. The number of benzene rings is 1. The SMILES string of the molecule is CC(Cc1ccc(C#C[Si](C)(C)C)cc1Cl)NC(=O)OC(C)(C)C. The van der Waals surface area contributed by atoms with Gasteiger partial charge in [0.2, 0.25) is 0 Å². The lowest BCUT2D eigenvalue weighted by molar-refractivity contribution is 0.0508. The van der Waals surface area contributed by atoms with Crippen LogP contribution in [0.5, 0.6) is 0 Å². The molecule has 132 valence electrons. The van der Waals surface area contributed by atoms with Gasteiger partial charge in [-0.05, 0) is 51.8 Å². The zero-order chi connectivity index (χ0) is 18.5. The zero-order valence-corrected chi connectivity index (χ0v) is 17.5. The number of carbonyl (C=O) groups is 1. The van der Waals surface area contributed by atoms with Crippen LogP contribution in [0.4, 0.5) is 4.79 Å². The maximum atomic E-state index is 11.8. The molecule has 5 heteroatoms. The van der Waals surface area contributed by atoms with E-state index in [1.165, 1.54) is 0 Å². The molecule has 0 bridgehead atoms. The Hall–Kier alpha value is -1.44. The summed E-state index contributed by atoms with van der Waals surface area (Å²) >= 11 is 6.37. The number of amides is 1. The molecular weight excluding hydrogens is 338 g/mol. The number of halogens is 1. The highest BCUT2D eigenvalue weighted by molar-refractivity contribution is 6.83. The molecule has 1 aromatic rings. The second kappa shape index (κ2) is 8.09. The molecule has 0 saturated heterocycles. The third-order valence-corrected chi connectivity index (χ3v) is 4.15. The topological polar surface area (TPSA) is 38.3 Å². The van der Waals surface area contributed by atoms with Crippen molar-refractivity contribution in [2.75, 3.05) is 0 Å². The van der Waals surface area contributed by atoms with Crippen LogP contribution in [0.3, 0.4) is 0 Å². The lowest BCUT2D eigenvalue weighted by atomic mass is 10.1. The van der Waals surface area contributed by atoms with Crippen LogP contribution in [0.2, 0.25) is 24.7 Å². The third-order valence-electron chi connectivity index (χ3n) is 2.92. The van der Waals surface area contributed by atoms with Crippen LogP contribution in [0.1, 0.15) is 38.8 Å². The number of hydrogen-bond acceptors (Lipinski definition) is 2. The molecule has 0 aliphatic rings. The van der Waals surface area contributed by atoms with Crippen LogP contribution in [0.15, 0.2) is 18.2 Å². The highest BCUT2D eigenvalue weighted by Gasteiger charge is 2.18. The standard InChI is InChI=1S/C19H28ClNO2Si/c1-14(21-18(22)23-19(2,3)4)12-16-9-8-15(13-17(16)20)10-11-24(5,6)7/h8-9,13-14H,12H2,1-7H3,(H,21,22). The van der Waals surface area contributed by atoms with Crippen LogP contribution in [0, 0.1) is 11.5 Å². The van der Waals surface area contributed by atoms with Crippen LogP contribution in [-0.2, 0) is 11.2 Å². The molecule has 0 aliphatic heterocycles. The Morgan fingerprint density at radius 2 is 1.96 bits per heavy atom. The summed E-state index contributed by atoms with van der Waals surface area (Å²) in [5.74, 6) is 3.20. The average Bonchev–Trinajstić information content (AvgIpc) is 2.35. The first-order chi connectivity index (χ1) is 10.9. The third kappa shape index (κ3) is 8.42. The molecular formula is C19H28ClNO2Si. The second-order valence-corrected chi connectivity index (χ2v) is 13.2. The first kappa shape index (κ1) is 20.6. The van der Waals surface area contributed by atoms with E-state index in [-0.39, 0.29) is 6.04 Å². The molecule has 0 radical (unpaired) electrons. The molecule has 0 aliphatic carbocycles. The van der Waals surface area contributed by atoms with Crippen LogP contribution in [0.25, 0.3) is 0 Å². The Kier molecular flexibility index (Phi) is 6.94. The minimum absolute atomic E-state index is 0.0729.